The van der Waals surface area contributed by atoms with E-state index in [1.54, 1.807) is 6.20 Å². The Hall–Kier alpha value is -1.89. The van der Waals surface area contributed by atoms with Crippen LogP contribution in [0.5, 0.6) is 0 Å². The van der Waals surface area contributed by atoms with Gasteiger partial charge in [-0.25, -0.2) is 4.68 Å². The Balaban J connectivity index is 1.86. The van der Waals surface area contributed by atoms with Crippen molar-refractivity contribution in [2.24, 2.45) is 0 Å². The Labute approximate surface area is 136 Å². The molecule has 0 unspecified atom stereocenters. The summed E-state index contributed by atoms with van der Waals surface area (Å²) in [5.74, 6) is 0.545. The predicted octanol–water partition coefficient (Wildman–Crippen LogP) is 1.77. The molecule has 3 rings (SSSR count). The lowest BCUT2D eigenvalue weighted by atomic mass is 10.1. The summed E-state index contributed by atoms with van der Waals surface area (Å²) in [6.45, 7) is 11.6. The second-order valence-corrected chi connectivity index (χ2v) is 7.23. The van der Waals surface area contributed by atoms with E-state index in [1.165, 1.54) is 0 Å². The summed E-state index contributed by atoms with van der Waals surface area (Å²) in [7, 11) is 0. The maximum atomic E-state index is 12.3. The minimum atomic E-state index is -0.216. The van der Waals surface area contributed by atoms with E-state index in [4.69, 9.17) is 0 Å². The fourth-order valence-corrected chi connectivity index (χ4v) is 3.06. The lowest BCUT2D eigenvalue weighted by Crippen LogP contribution is -2.39. The van der Waals surface area contributed by atoms with E-state index in [9.17, 15) is 4.79 Å². The molecular weight excluding hydrogens is 292 g/mol. The monoisotopic (exact) mass is 318 g/mol. The fraction of sp³-hybridized carbons (Fsp3) is 0.688. The molecule has 0 aromatic carbocycles. The minimum absolute atomic E-state index is 0.140. The molecule has 3 heterocycles. The van der Waals surface area contributed by atoms with Crippen LogP contribution in [0.1, 0.15) is 40.5 Å². The number of hydrogen-bond acceptors (Lipinski definition) is 5. The van der Waals surface area contributed by atoms with Crippen LogP contribution in [0.4, 0.5) is 5.95 Å². The van der Waals surface area contributed by atoms with Crippen molar-refractivity contribution in [1.82, 2.24) is 24.6 Å². The van der Waals surface area contributed by atoms with Gasteiger partial charge in [0, 0.05) is 19.1 Å². The molecule has 2 aromatic heterocycles. The van der Waals surface area contributed by atoms with Gasteiger partial charge in [0.1, 0.15) is 5.39 Å². The Morgan fingerprint density at radius 3 is 2.65 bits per heavy atom. The zero-order valence-electron chi connectivity index (χ0n) is 14.4. The van der Waals surface area contributed by atoms with Crippen LogP contribution in [0.3, 0.4) is 0 Å². The molecule has 7 heteroatoms. The quantitative estimate of drug-likeness (QED) is 0.902. The van der Waals surface area contributed by atoms with Crippen LogP contribution in [-0.4, -0.2) is 50.3 Å². The highest BCUT2D eigenvalue weighted by atomic mass is 16.1. The second-order valence-electron chi connectivity index (χ2n) is 7.23. The van der Waals surface area contributed by atoms with Crippen molar-refractivity contribution in [2.45, 2.75) is 52.1 Å². The third kappa shape index (κ3) is 3.24. The van der Waals surface area contributed by atoms with Crippen LogP contribution in [0.2, 0.25) is 0 Å². The van der Waals surface area contributed by atoms with Gasteiger partial charge in [-0.15, -0.1) is 0 Å². The number of anilines is 1. The van der Waals surface area contributed by atoms with E-state index in [0.29, 0.717) is 23.0 Å². The van der Waals surface area contributed by atoms with Crippen LogP contribution >= 0.6 is 0 Å². The summed E-state index contributed by atoms with van der Waals surface area (Å²) < 4.78 is 1.81. The first-order valence-corrected chi connectivity index (χ1v) is 8.36. The van der Waals surface area contributed by atoms with Gasteiger partial charge in [0.2, 0.25) is 5.95 Å². The van der Waals surface area contributed by atoms with Crippen molar-refractivity contribution < 1.29 is 0 Å². The first-order chi connectivity index (χ1) is 10.9. The molecule has 1 fully saturated rings. The molecule has 0 atom stereocenters. The highest BCUT2D eigenvalue weighted by Gasteiger charge is 2.22. The molecule has 126 valence electrons. The van der Waals surface area contributed by atoms with Crippen LogP contribution in [0.25, 0.3) is 11.0 Å². The van der Waals surface area contributed by atoms with Gasteiger partial charge in [-0.1, -0.05) is 6.92 Å². The van der Waals surface area contributed by atoms with Crippen molar-refractivity contribution in [1.29, 1.82) is 0 Å². The standard InChI is InChI=1S/C16H26N6O/c1-5-21-8-6-11(7-9-21)18-15-19-13-12(14(23)20-15)10-17-22(13)16(2,3)4/h10-11H,5-9H2,1-4H3,(H2,18,19,20,23). The SMILES string of the molecule is CCN1CCC(Nc2nc3c(cnn3C(C)(C)C)c(=O)[nH]2)CC1. The minimum Gasteiger partial charge on any atom is -0.353 e. The number of hydrogen-bond donors (Lipinski definition) is 2. The predicted molar refractivity (Wildman–Crippen MR) is 91.9 cm³/mol. The van der Waals surface area contributed by atoms with Crippen molar-refractivity contribution in [3.8, 4) is 0 Å². The largest absolute Gasteiger partial charge is 0.353 e. The number of aromatic nitrogens is 4. The van der Waals surface area contributed by atoms with E-state index in [1.807, 2.05) is 4.68 Å². The van der Waals surface area contributed by atoms with Crippen molar-refractivity contribution in [3.05, 3.63) is 16.6 Å². The van der Waals surface area contributed by atoms with E-state index < -0.39 is 0 Å². The average molecular weight is 318 g/mol. The number of H-pyrrole nitrogens is 1. The maximum absolute atomic E-state index is 12.3. The molecule has 0 bridgehead atoms. The summed E-state index contributed by atoms with van der Waals surface area (Å²) in [5.41, 5.74) is 0.278. The third-order valence-electron chi connectivity index (χ3n) is 4.45. The second kappa shape index (κ2) is 5.96. The molecule has 0 saturated carbocycles. The number of nitrogens with zero attached hydrogens (tertiary/aromatic N) is 4. The maximum Gasteiger partial charge on any atom is 0.263 e. The molecule has 0 radical (unpaired) electrons. The molecule has 1 aliphatic rings. The van der Waals surface area contributed by atoms with Gasteiger partial charge in [0.05, 0.1) is 11.7 Å². The normalized spacial score (nSPS) is 17.7. The Morgan fingerprint density at radius 2 is 2.04 bits per heavy atom. The Morgan fingerprint density at radius 1 is 1.35 bits per heavy atom. The van der Waals surface area contributed by atoms with E-state index in [2.05, 4.69) is 53.0 Å². The topological polar surface area (TPSA) is 78.8 Å². The third-order valence-corrected chi connectivity index (χ3v) is 4.45. The lowest BCUT2D eigenvalue weighted by molar-refractivity contribution is 0.229. The van der Waals surface area contributed by atoms with Gasteiger partial charge in [0.15, 0.2) is 5.65 Å². The highest BCUT2D eigenvalue weighted by Crippen LogP contribution is 2.20. The average Bonchev–Trinajstić information content (AvgIpc) is 2.92. The van der Waals surface area contributed by atoms with Gasteiger partial charge in [-0.05, 0) is 40.2 Å². The van der Waals surface area contributed by atoms with Crippen molar-refractivity contribution in [3.63, 3.8) is 0 Å². The van der Waals surface area contributed by atoms with Crippen LogP contribution in [0, 0.1) is 0 Å². The molecule has 0 aliphatic carbocycles. The number of aromatic amines is 1. The first-order valence-electron chi connectivity index (χ1n) is 8.36. The highest BCUT2D eigenvalue weighted by molar-refractivity contribution is 5.74. The summed E-state index contributed by atoms with van der Waals surface area (Å²) >= 11 is 0. The van der Waals surface area contributed by atoms with Gasteiger partial charge in [0.25, 0.3) is 5.56 Å². The van der Waals surface area contributed by atoms with E-state index in [0.717, 1.165) is 32.5 Å². The molecule has 7 nitrogen and oxygen atoms in total. The van der Waals surface area contributed by atoms with Gasteiger partial charge in [-0.3, -0.25) is 9.78 Å². The zero-order chi connectivity index (χ0) is 16.6. The number of fused-ring (bicyclic) bond motifs is 1. The summed E-state index contributed by atoms with van der Waals surface area (Å²) in [5, 5.41) is 8.26. The van der Waals surface area contributed by atoms with Gasteiger partial charge < -0.3 is 10.2 Å². The summed E-state index contributed by atoms with van der Waals surface area (Å²) in [6.07, 6.45) is 3.72. The summed E-state index contributed by atoms with van der Waals surface area (Å²) in [4.78, 5) is 22.2. The molecular formula is C16H26N6O. The van der Waals surface area contributed by atoms with Crippen molar-refractivity contribution >= 4 is 17.0 Å². The Kier molecular flexibility index (Phi) is 4.14. The fourth-order valence-electron chi connectivity index (χ4n) is 3.06. The molecule has 2 N–H and O–H groups in total. The first kappa shape index (κ1) is 16.0. The van der Waals surface area contributed by atoms with Crippen LogP contribution in [-0.2, 0) is 5.54 Å². The molecule has 1 saturated heterocycles. The van der Waals surface area contributed by atoms with E-state index >= 15 is 0 Å². The van der Waals surface area contributed by atoms with Crippen LogP contribution < -0.4 is 10.9 Å². The number of piperidine rings is 1. The molecule has 23 heavy (non-hydrogen) atoms. The van der Waals surface area contributed by atoms with Crippen LogP contribution in [0.15, 0.2) is 11.0 Å². The Bertz CT molecular complexity index is 733. The molecule has 0 amide bonds. The summed E-state index contributed by atoms with van der Waals surface area (Å²) in [6, 6.07) is 0.351. The number of likely N-dealkylation sites (tertiary alicyclic amines) is 1. The van der Waals surface area contributed by atoms with Crippen molar-refractivity contribution in [2.75, 3.05) is 25.0 Å². The molecule has 2 aromatic rings. The molecule has 1 aliphatic heterocycles. The van der Waals surface area contributed by atoms with E-state index in [-0.39, 0.29) is 11.1 Å². The lowest BCUT2D eigenvalue weighted by Gasteiger charge is -2.31. The smallest absolute Gasteiger partial charge is 0.263 e. The number of nitrogens with one attached hydrogen (secondary N) is 2. The zero-order valence-corrected chi connectivity index (χ0v) is 14.4. The number of rotatable bonds is 3. The van der Waals surface area contributed by atoms with Gasteiger partial charge in [-0.2, -0.15) is 10.1 Å². The molecule has 0 spiro atoms. The van der Waals surface area contributed by atoms with Gasteiger partial charge >= 0.3 is 0 Å².